The van der Waals surface area contributed by atoms with Gasteiger partial charge in [0.1, 0.15) is 0 Å². The highest BCUT2D eigenvalue weighted by Crippen LogP contribution is 2.46. The number of halogens is 3. The molecule has 188 valence electrons. The zero-order valence-electron chi connectivity index (χ0n) is 18.9. The molecule has 2 aromatic rings. The smallest absolute Gasteiger partial charge is 0.395 e. The van der Waals surface area contributed by atoms with Crippen LogP contribution in [0.2, 0.25) is 0 Å². The van der Waals surface area contributed by atoms with Gasteiger partial charge < -0.3 is 10.0 Å². The minimum Gasteiger partial charge on any atom is -0.395 e. The Morgan fingerprint density at radius 1 is 1.14 bits per heavy atom. The Bertz CT molecular complexity index is 1440. The molecule has 2 amide bonds. The lowest BCUT2D eigenvalue weighted by Crippen LogP contribution is -2.48. The molecule has 1 atom stereocenters. The van der Waals surface area contributed by atoms with E-state index in [9.17, 15) is 41.5 Å². The summed E-state index contributed by atoms with van der Waals surface area (Å²) in [6, 6.07) is 7.94. The number of likely N-dealkylation sites (N-methyl/N-ethyl adjacent to an activating group) is 1. The molecule has 36 heavy (non-hydrogen) atoms. The molecule has 1 N–H and O–H groups in total. The van der Waals surface area contributed by atoms with Gasteiger partial charge in [-0.3, -0.25) is 9.69 Å². The number of ketones is 1. The highest BCUT2D eigenvalue weighted by atomic mass is 32.2. The minimum absolute atomic E-state index is 0.00719. The van der Waals surface area contributed by atoms with Crippen LogP contribution >= 0.6 is 0 Å². The van der Waals surface area contributed by atoms with Crippen LogP contribution in [0.15, 0.2) is 58.6 Å². The molecule has 0 saturated heterocycles. The first kappa shape index (κ1) is 25.4. The third-order valence-electron chi connectivity index (χ3n) is 6.19. The van der Waals surface area contributed by atoms with Crippen LogP contribution in [0.1, 0.15) is 35.6 Å². The van der Waals surface area contributed by atoms with Crippen molar-refractivity contribution in [1.82, 2.24) is 4.90 Å². The van der Waals surface area contributed by atoms with Crippen molar-refractivity contribution < 1.29 is 36.3 Å². The zero-order chi connectivity index (χ0) is 26.4. The van der Waals surface area contributed by atoms with Crippen molar-refractivity contribution in [3.8, 4) is 6.07 Å². The molecule has 0 fully saturated rings. The Labute approximate surface area is 204 Å². The number of carbonyl (C=O) groups excluding carboxylic acids is 2. The van der Waals surface area contributed by atoms with Gasteiger partial charge >= 0.3 is 12.2 Å². The normalized spacial score (nSPS) is 18.5. The topological polar surface area (TPSA) is 119 Å². The number of carbonyl (C=O) groups is 2. The van der Waals surface area contributed by atoms with Gasteiger partial charge in [0.05, 0.1) is 46.2 Å². The van der Waals surface area contributed by atoms with E-state index in [1.54, 1.807) is 0 Å². The first-order valence-corrected chi connectivity index (χ1v) is 12.4. The highest BCUT2D eigenvalue weighted by molar-refractivity contribution is 7.91. The molecule has 1 aliphatic heterocycles. The van der Waals surface area contributed by atoms with Crippen molar-refractivity contribution in [3.63, 3.8) is 0 Å². The molecule has 0 aromatic heterocycles. The number of alkyl halides is 3. The van der Waals surface area contributed by atoms with E-state index in [1.807, 2.05) is 6.07 Å². The number of hydrogen-bond acceptors (Lipinski definition) is 6. The molecule has 2 aliphatic rings. The molecule has 1 aliphatic carbocycles. The van der Waals surface area contributed by atoms with E-state index in [0.29, 0.717) is 0 Å². The van der Waals surface area contributed by atoms with Crippen LogP contribution in [0.25, 0.3) is 0 Å². The van der Waals surface area contributed by atoms with E-state index in [-0.39, 0.29) is 51.6 Å². The van der Waals surface area contributed by atoms with Crippen molar-refractivity contribution in [2.24, 2.45) is 0 Å². The first-order valence-electron chi connectivity index (χ1n) is 10.8. The van der Waals surface area contributed by atoms with E-state index >= 15 is 0 Å². The van der Waals surface area contributed by atoms with Crippen molar-refractivity contribution in [2.45, 2.75) is 30.0 Å². The number of Topliss-reactive ketones (excluding diaryl/α,β-unsaturated/α-hetero) is 1. The van der Waals surface area contributed by atoms with Gasteiger partial charge in [-0.15, -0.1) is 0 Å². The standard InChI is InChI=1S/C24H20F3N3O5S/c1-29-22(17-6-5-14(13-28)11-20(17)36(34,35)10-9-31)21-18(7-8-19(21)32)30(23(29)33)16-4-2-3-15(12-16)24(25,26)27/h2-6,11-12,22,31H,7-10H2,1H3/t22-/m1/s1. The van der Waals surface area contributed by atoms with Crippen LogP contribution in [-0.2, 0) is 20.8 Å². The Morgan fingerprint density at radius 3 is 2.50 bits per heavy atom. The molecule has 2 aromatic carbocycles. The Balaban J connectivity index is 1.94. The van der Waals surface area contributed by atoms with Gasteiger partial charge in [0.15, 0.2) is 15.6 Å². The van der Waals surface area contributed by atoms with Crippen LogP contribution in [0, 0.1) is 11.3 Å². The average Bonchev–Trinajstić information content (AvgIpc) is 3.20. The van der Waals surface area contributed by atoms with Gasteiger partial charge in [0.2, 0.25) is 0 Å². The van der Waals surface area contributed by atoms with Crippen LogP contribution in [0.4, 0.5) is 23.7 Å². The monoisotopic (exact) mass is 519 g/mol. The lowest BCUT2D eigenvalue weighted by Gasteiger charge is -2.41. The number of amides is 2. The molecular weight excluding hydrogens is 499 g/mol. The molecule has 0 spiro atoms. The van der Waals surface area contributed by atoms with Gasteiger partial charge in [-0.1, -0.05) is 12.1 Å². The Kier molecular flexibility index (Phi) is 6.40. The van der Waals surface area contributed by atoms with Crippen LogP contribution in [0.5, 0.6) is 0 Å². The molecule has 4 rings (SSSR count). The summed E-state index contributed by atoms with van der Waals surface area (Å²) in [6.07, 6.45) is -4.58. The molecule has 12 heteroatoms. The van der Waals surface area contributed by atoms with Crippen LogP contribution in [-0.4, -0.2) is 49.6 Å². The van der Waals surface area contributed by atoms with Gasteiger partial charge in [-0.05, 0) is 42.3 Å². The number of nitrogens with zero attached hydrogens (tertiary/aromatic N) is 3. The second-order valence-corrected chi connectivity index (χ2v) is 10.4. The van der Waals surface area contributed by atoms with E-state index in [1.165, 1.54) is 25.2 Å². The van der Waals surface area contributed by atoms with Crippen molar-refractivity contribution >= 4 is 27.3 Å². The number of urea groups is 1. The summed E-state index contributed by atoms with van der Waals surface area (Å²) in [5.41, 5.74) is -0.659. The number of allylic oxidation sites excluding steroid dienone is 1. The predicted octanol–water partition coefficient (Wildman–Crippen LogP) is 3.57. The van der Waals surface area contributed by atoms with E-state index < -0.39 is 46.0 Å². The number of anilines is 1. The summed E-state index contributed by atoms with van der Waals surface area (Å²) in [5.74, 6) is -1.02. The van der Waals surface area contributed by atoms with Crippen LogP contribution < -0.4 is 4.90 Å². The number of aliphatic hydroxyl groups excluding tert-OH is 1. The summed E-state index contributed by atoms with van der Waals surface area (Å²) >= 11 is 0. The number of rotatable bonds is 5. The minimum atomic E-state index is -4.65. The summed E-state index contributed by atoms with van der Waals surface area (Å²) < 4.78 is 65.9. The summed E-state index contributed by atoms with van der Waals surface area (Å²) in [7, 11) is -2.79. The highest BCUT2D eigenvalue weighted by Gasteiger charge is 2.46. The van der Waals surface area contributed by atoms with E-state index in [0.717, 1.165) is 34.1 Å². The molecule has 0 bridgehead atoms. The summed E-state index contributed by atoms with van der Waals surface area (Å²) in [6.45, 7) is -0.686. The number of benzene rings is 2. The van der Waals surface area contributed by atoms with Crippen molar-refractivity contribution in [3.05, 3.63) is 70.4 Å². The fourth-order valence-corrected chi connectivity index (χ4v) is 5.87. The third kappa shape index (κ3) is 4.25. The second kappa shape index (κ2) is 9.07. The summed E-state index contributed by atoms with van der Waals surface area (Å²) in [5, 5.41) is 18.5. The predicted molar refractivity (Wildman–Crippen MR) is 121 cm³/mol. The largest absolute Gasteiger partial charge is 0.416 e. The maximum Gasteiger partial charge on any atom is 0.416 e. The van der Waals surface area contributed by atoms with Gasteiger partial charge in [0.25, 0.3) is 0 Å². The fourth-order valence-electron chi connectivity index (χ4n) is 4.56. The lowest BCUT2D eigenvalue weighted by atomic mass is 9.92. The molecule has 1 heterocycles. The molecular formula is C24H20F3N3O5S. The lowest BCUT2D eigenvalue weighted by molar-refractivity contribution is -0.137. The molecule has 8 nitrogen and oxygen atoms in total. The molecule has 0 radical (unpaired) electrons. The van der Waals surface area contributed by atoms with Crippen LogP contribution in [0.3, 0.4) is 0 Å². The maximum absolute atomic E-state index is 13.5. The first-order chi connectivity index (χ1) is 16.9. The van der Waals surface area contributed by atoms with Crippen molar-refractivity contribution in [1.29, 1.82) is 5.26 Å². The van der Waals surface area contributed by atoms with Gasteiger partial charge in [-0.25, -0.2) is 13.2 Å². The SMILES string of the molecule is CN1C(=O)N(c2cccc(C(F)(F)F)c2)C2=C(C(=O)CC2)[C@H]1c1ccc(C#N)cc1S(=O)(=O)CCO. The number of hydrogen-bond donors (Lipinski definition) is 1. The number of sulfone groups is 1. The van der Waals surface area contributed by atoms with Crippen molar-refractivity contribution in [2.75, 3.05) is 24.3 Å². The molecule has 0 saturated carbocycles. The fraction of sp³-hybridized carbons (Fsp3) is 0.292. The van der Waals surface area contributed by atoms with Gasteiger partial charge in [-0.2, -0.15) is 18.4 Å². The van der Waals surface area contributed by atoms with E-state index in [2.05, 4.69) is 0 Å². The third-order valence-corrected chi connectivity index (χ3v) is 7.93. The molecule has 0 unspecified atom stereocenters. The maximum atomic E-state index is 13.5. The summed E-state index contributed by atoms with van der Waals surface area (Å²) in [4.78, 5) is 28.4. The van der Waals surface area contributed by atoms with Gasteiger partial charge in [0, 0.05) is 24.7 Å². The number of nitriles is 1. The van der Waals surface area contributed by atoms with E-state index in [4.69, 9.17) is 0 Å². The average molecular weight is 520 g/mol. The Morgan fingerprint density at radius 2 is 1.86 bits per heavy atom. The Hall–Kier alpha value is -3.69. The second-order valence-electron chi connectivity index (χ2n) is 8.37. The number of aliphatic hydroxyl groups is 1. The quantitative estimate of drug-likeness (QED) is 0.645. The zero-order valence-corrected chi connectivity index (χ0v) is 19.7.